The van der Waals surface area contributed by atoms with Crippen molar-refractivity contribution in [3.8, 4) is 5.75 Å². The van der Waals surface area contributed by atoms with Gasteiger partial charge in [0.15, 0.2) is 0 Å². The molecule has 0 aliphatic carbocycles. The number of hydrogen-bond acceptors (Lipinski definition) is 6. The van der Waals surface area contributed by atoms with Crippen molar-refractivity contribution in [2.45, 2.75) is 19.5 Å². The lowest BCUT2D eigenvalue weighted by Crippen LogP contribution is -2.20. The van der Waals surface area contributed by atoms with Crippen LogP contribution in [0.5, 0.6) is 5.75 Å². The summed E-state index contributed by atoms with van der Waals surface area (Å²) in [5.41, 5.74) is 2.90. The molecule has 4 aromatic rings. The number of fused-ring (bicyclic) bond motifs is 1. The molecule has 9 heteroatoms. The molecule has 7 nitrogen and oxygen atoms in total. The molecular weight excluding hydrogens is 559 g/mol. The number of benzene rings is 3. The van der Waals surface area contributed by atoms with Gasteiger partial charge in [0.05, 0.1) is 58.4 Å². The number of ether oxygens (including phenoxy) is 5. The van der Waals surface area contributed by atoms with E-state index in [1.54, 1.807) is 12.1 Å². The van der Waals surface area contributed by atoms with Crippen LogP contribution in [-0.2, 0) is 32.0 Å². The fraction of sp³-hybridized carbons (Fsp3) is 0.394. The molecule has 0 saturated heterocycles. The van der Waals surface area contributed by atoms with Gasteiger partial charge in [-0.05, 0) is 53.6 Å². The van der Waals surface area contributed by atoms with E-state index in [1.165, 1.54) is 0 Å². The first-order valence-corrected chi connectivity index (χ1v) is 14.8. The van der Waals surface area contributed by atoms with E-state index in [2.05, 4.69) is 9.88 Å². The Morgan fingerprint density at radius 3 is 2.10 bits per heavy atom. The predicted octanol–water partition coefficient (Wildman–Crippen LogP) is 6.11. The van der Waals surface area contributed by atoms with Gasteiger partial charge >= 0.3 is 0 Å². The summed E-state index contributed by atoms with van der Waals surface area (Å²) >= 11 is 5.99. The van der Waals surface area contributed by atoms with Gasteiger partial charge in [0.25, 0.3) is 0 Å². The van der Waals surface area contributed by atoms with Crippen molar-refractivity contribution in [3.05, 3.63) is 101 Å². The Morgan fingerprint density at radius 1 is 0.714 bits per heavy atom. The van der Waals surface area contributed by atoms with Crippen molar-refractivity contribution in [2.24, 2.45) is 0 Å². The maximum atomic E-state index is 14.4. The van der Waals surface area contributed by atoms with Crippen LogP contribution in [0.15, 0.2) is 79.0 Å². The Hall–Kier alpha value is -2.98. The lowest BCUT2D eigenvalue weighted by molar-refractivity contribution is -0.00240. The predicted molar refractivity (Wildman–Crippen MR) is 164 cm³/mol. The Kier molecular flexibility index (Phi) is 14.1. The van der Waals surface area contributed by atoms with Crippen LogP contribution < -0.4 is 10.1 Å². The number of nitrogens with one attached hydrogen (secondary N) is 1. The molecule has 1 aromatic heterocycles. The second kappa shape index (κ2) is 18.5. The van der Waals surface area contributed by atoms with Crippen LogP contribution in [-0.4, -0.2) is 70.6 Å². The van der Waals surface area contributed by atoms with E-state index < -0.39 is 0 Å². The highest BCUT2D eigenvalue weighted by atomic mass is 35.5. The Balaban J connectivity index is 0.975. The quantitative estimate of drug-likeness (QED) is 0.117. The highest BCUT2D eigenvalue weighted by Gasteiger charge is 2.09. The molecule has 3 aromatic carbocycles. The van der Waals surface area contributed by atoms with Crippen LogP contribution in [0.1, 0.15) is 17.5 Å². The van der Waals surface area contributed by atoms with Crippen molar-refractivity contribution in [2.75, 3.05) is 66.0 Å². The summed E-state index contributed by atoms with van der Waals surface area (Å²) in [5.74, 6) is 0.633. The summed E-state index contributed by atoms with van der Waals surface area (Å²) in [6, 6.07) is 22.7. The summed E-state index contributed by atoms with van der Waals surface area (Å²) in [7, 11) is 0. The lowest BCUT2D eigenvalue weighted by Gasteiger charge is -2.10. The highest BCUT2D eigenvalue weighted by Crippen LogP contribution is 2.23. The first-order chi connectivity index (χ1) is 20.7. The van der Waals surface area contributed by atoms with Gasteiger partial charge in [0.1, 0.15) is 11.6 Å². The van der Waals surface area contributed by atoms with Crippen molar-refractivity contribution >= 4 is 22.5 Å². The fourth-order valence-electron chi connectivity index (χ4n) is 4.40. The first-order valence-electron chi connectivity index (χ1n) is 14.4. The van der Waals surface area contributed by atoms with Crippen molar-refractivity contribution in [1.82, 2.24) is 9.88 Å². The van der Waals surface area contributed by atoms with Gasteiger partial charge in [0.2, 0.25) is 0 Å². The third-order valence-corrected chi connectivity index (χ3v) is 6.76. The SMILES string of the molecule is Fc1cc(CNCCOCCOCCOCCOCCCOc2ccccc2)c2ccn(Cc3ccc(Cl)cc3)c2c1. The van der Waals surface area contributed by atoms with Gasteiger partial charge in [-0.15, -0.1) is 0 Å². The summed E-state index contributed by atoms with van der Waals surface area (Å²) < 4.78 is 44.3. The van der Waals surface area contributed by atoms with E-state index in [9.17, 15) is 4.39 Å². The molecule has 0 atom stereocenters. The van der Waals surface area contributed by atoms with Gasteiger partial charge in [-0.25, -0.2) is 4.39 Å². The van der Waals surface area contributed by atoms with E-state index in [1.807, 2.05) is 66.9 Å². The minimum Gasteiger partial charge on any atom is -0.494 e. The van der Waals surface area contributed by atoms with Crippen molar-refractivity contribution in [1.29, 1.82) is 0 Å². The lowest BCUT2D eigenvalue weighted by atomic mass is 10.1. The van der Waals surface area contributed by atoms with E-state index in [-0.39, 0.29) is 5.82 Å². The van der Waals surface area contributed by atoms with E-state index in [4.69, 9.17) is 35.3 Å². The van der Waals surface area contributed by atoms with Crippen LogP contribution >= 0.6 is 11.6 Å². The molecule has 0 saturated carbocycles. The number of aromatic nitrogens is 1. The molecule has 4 rings (SSSR count). The molecule has 0 unspecified atom stereocenters. The van der Waals surface area contributed by atoms with E-state index in [0.29, 0.717) is 84.1 Å². The molecular formula is C33H40ClFN2O5. The van der Waals surface area contributed by atoms with Crippen LogP contribution in [0.4, 0.5) is 4.39 Å². The topological polar surface area (TPSA) is 63.1 Å². The second-order valence-electron chi connectivity index (χ2n) is 9.71. The standard InChI is InChI=1S/C33H40ClFN2O5/c34-29-9-7-27(8-10-29)26-37-13-11-32-28(23-30(35)24-33(32)37)25-36-12-16-39-18-20-41-22-21-40-19-17-38-14-4-15-42-31-5-2-1-3-6-31/h1-3,5-11,13,23-24,36H,4,12,14-22,25-26H2. The zero-order chi connectivity index (χ0) is 29.2. The van der Waals surface area contributed by atoms with Gasteiger partial charge in [-0.1, -0.05) is 41.9 Å². The maximum absolute atomic E-state index is 14.4. The molecule has 0 aliphatic heterocycles. The number of rotatable bonds is 21. The number of hydrogen-bond donors (Lipinski definition) is 1. The minimum atomic E-state index is -0.245. The number of para-hydroxylation sites is 1. The minimum absolute atomic E-state index is 0.245. The highest BCUT2D eigenvalue weighted by molar-refractivity contribution is 6.30. The summed E-state index contributed by atoms with van der Waals surface area (Å²) in [6.07, 6.45) is 2.83. The average Bonchev–Trinajstić information content (AvgIpc) is 3.40. The third-order valence-electron chi connectivity index (χ3n) is 6.50. The molecule has 0 bridgehead atoms. The van der Waals surface area contributed by atoms with Gasteiger partial charge in [-0.2, -0.15) is 0 Å². The fourth-order valence-corrected chi connectivity index (χ4v) is 4.53. The van der Waals surface area contributed by atoms with Gasteiger partial charge in [-0.3, -0.25) is 0 Å². The maximum Gasteiger partial charge on any atom is 0.125 e. The van der Waals surface area contributed by atoms with Crippen LogP contribution in [0.3, 0.4) is 0 Å². The van der Waals surface area contributed by atoms with Gasteiger partial charge in [0, 0.05) is 49.3 Å². The Morgan fingerprint density at radius 2 is 1.38 bits per heavy atom. The van der Waals surface area contributed by atoms with E-state index >= 15 is 0 Å². The molecule has 0 aliphatic rings. The number of nitrogens with zero attached hydrogens (tertiary/aromatic N) is 1. The smallest absolute Gasteiger partial charge is 0.125 e. The molecule has 1 heterocycles. The largest absolute Gasteiger partial charge is 0.494 e. The molecule has 42 heavy (non-hydrogen) atoms. The van der Waals surface area contributed by atoms with Crippen LogP contribution in [0, 0.1) is 5.82 Å². The Labute approximate surface area is 252 Å². The zero-order valence-corrected chi connectivity index (χ0v) is 24.7. The second-order valence-corrected chi connectivity index (χ2v) is 10.1. The summed E-state index contributed by atoms with van der Waals surface area (Å²) in [5, 5.41) is 5.08. The van der Waals surface area contributed by atoms with Gasteiger partial charge < -0.3 is 33.6 Å². The molecule has 0 spiro atoms. The molecule has 1 N–H and O–H groups in total. The molecule has 226 valence electrons. The first kappa shape index (κ1) is 31.9. The summed E-state index contributed by atoms with van der Waals surface area (Å²) in [6.45, 7) is 6.83. The normalized spacial score (nSPS) is 11.4. The monoisotopic (exact) mass is 598 g/mol. The van der Waals surface area contributed by atoms with E-state index in [0.717, 1.165) is 34.2 Å². The molecule has 0 fully saturated rings. The molecule has 0 amide bonds. The van der Waals surface area contributed by atoms with Crippen molar-refractivity contribution in [3.63, 3.8) is 0 Å². The van der Waals surface area contributed by atoms with Crippen LogP contribution in [0.2, 0.25) is 5.02 Å². The Bertz CT molecular complexity index is 1300. The summed E-state index contributed by atoms with van der Waals surface area (Å²) in [4.78, 5) is 0. The molecule has 0 radical (unpaired) electrons. The third kappa shape index (κ3) is 11.4. The van der Waals surface area contributed by atoms with Crippen LogP contribution in [0.25, 0.3) is 10.9 Å². The van der Waals surface area contributed by atoms with Crippen molar-refractivity contribution < 1.29 is 28.1 Å². The number of halogens is 2. The zero-order valence-electron chi connectivity index (χ0n) is 23.9. The average molecular weight is 599 g/mol.